The number of fused-ring (bicyclic) bond motifs is 1. The largest absolute Gasteiger partial charge is 0.507 e. The van der Waals surface area contributed by atoms with Crippen LogP contribution < -0.4 is 15.7 Å². The predicted molar refractivity (Wildman–Crippen MR) is 129 cm³/mol. The number of β-amino-alcohol motifs (C(OH)–C–C–N with tert-alkyl or cyclic N) is 1. The zero-order chi connectivity index (χ0) is 24.4. The number of aliphatic hydroxyl groups is 1. The number of aliphatic hydroxyl groups excluding tert-OH is 1. The quantitative estimate of drug-likeness (QED) is 0.344. The van der Waals surface area contributed by atoms with Gasteiger partial charge in [0.25, 0.3) is 0 Å². The summed E-state index contributed by atoms with van der Waals surface area (Å²) in [5.41, 5.74) is 1.30. The van der Waals surface area contributed by atoms with Crippen molar-refractivity contribution in [1.82, 2.24) is 14.5 Å². The number of phenols is 1. The molecule has 0 radical (unpaired) electrons. The summed E-state index contributed by atoms with van der Waals surface area (Å²) in [5.74, 6) is -0.473. The maximum absolute atomic E-state index is 13.5. The van der Waals surface area contributed by atoms with Crippen LogP contribution in [0.3, 0.4) is 0 Å². The number of imidazole rings is 1. The van der Waals surface area contributed by atoms with Crippen molar-refractivity contribution in [3.63, 3.8) is 0 Å². The number of anilines is 1. The highest BCUT2D eigenvalue weighted by Gasteiger charge is 2.25. The highest BCUT2D eigenvalue weighted by Crippen LogP contribution is 2.35. The number of likely N-dealkylation sites (tertiary alicyclic amines) is 1. The van der Waals surface area contributed by atoms with E-state index < -0.39 is 11.9 Å². The molecule has 9 nitrogen and oxygen atoms in total. The number of hydrogen-bond acceptors (Lipinski definition) is 6. The number of halogens is 2. The molecule has 34 heavy (non-hydrogen) atoms. The molecule has 2 aromatic carbocycles. The molecular weight excluding hydrogens is 511 g/mol. The van der Waals surface area contributed by atoms with Crippen molar-refractivity contribution in [2.24, 2.45) is 0 Å². The molecule has 3 aromatic rings. The smallest absolute Gasteiger partial charge is 0.326 e. The molecule has 1 saturated heterocycles. The fraction of sp³-hybridized carbons (Fsp3) is 0.391. The van der Waals surface area contributed by atoms with Crippen molar-refractivity contribution >= 4 is 38.6 Å². The Morgan fingerprint density at radius 3 is 2.76 bits per heavy atom. The summed E-state index contributed by atoms with van der Waals surface area (Å²) in [6, 6.07) is 7.18. The number of ether oxygens (including phenoxy) is 1. The second-order valence-electron chi connectivity index (χ2n) is 8.44. The molecule has 2 heterocycles. The van der Waals surface area contributed by atoms with E-state index in [-0.39, 0.29) is 35.7 Å². The summed E-state index contributed by atoms with van der Waals surface area (Å²) in [6.07, 6.45) is 0.627. The first-order chi connectivity index (χ1) is 16.2. The lowest BCUT2D eigenvalue weighted by Crippen LogP contribution is -2.42. The first-order valence-corrected chi connectivity index (χ1v) is 11.7. The van der Waals surface area contributed by atoms with Crippen LogP contribution in [0.2, 0.25) is 0 Å². The Morgan fingerprint density at radius 2 is 2.06 bits per heavy atom. The van der Waals surface area contributed by atoms with Gasteiger partial charge in [-0.15, -0.1) is 0 Å². The molecule has 1 aromatic heterocycles. The van der Waals surface area contributed by atoms with Crippen LogP contribution in [0.25, 0.3) is 11.0 Å². The Bertz CT molecular complexity index is 1250. The summed E-state index contributed by atoms with van der Waals surface area (Å²) in [6.45, 7) is 3.07. The molecule has 1 aliphatic heterocycles. The third kappa shape index (κ3) is 5.43. The predicted octanol–water partition coefficient (Wildman–Crippen LogP) is 2.97. The monoisotopic (exact) mass is 536 g/mol. The van der Waals surface area contributed by atoms with Gasteiger partial charge in [0, 0.05) is 38.7 Å². The number of hydrogen-bond donors (Lipinski definition) is 4. The number of carbonyl (C=O) groups excluding carboxylic acids is 1. The van der Waals surface area contributed by atoms with Crippen molar-refractivity contribution in [1.29, 1.82) is 0 Å². The van der Waals surface area contributed by atoms with Crippen LogP contribution in [0.4, 0.5) is 10.1 Å². The Kier molecular flexibility index (Phi) is 7.24. The van der Waals surface area contributed by atoms with Crippen LogP contribution in [0.5, 0.6) is 11.5 Å². The number of benzene rings is 2. The van der Waals surface area contributed by atoms with Gasteiger partial charge in [-0.3, -0.25) is 9.36 Å². The molecule has 1 atom stereocenters. The Labute approximate surface area is 203 Å². The number of nitrogens with one attached hydrogen (secondary N) is 2. The van der Waals surface area contributed by atoms with Crippen molar-refractivity contribution < 1.29 is 24.1 Å². The van der Waals surface area contributed by atoms with E-state index in [2.05, 4.69) is 31.1 Å². The number of H-pyrrole nitrogens is 1. The summed E-state index contributed by atoms with van der Waals surface area (Å²) in [7, 11) is 0. The molecule has 1 fully saturated rings. The summed E-state index contributed by atoms with van der Waals surface area (Å²) < 4.78 is 21.3. The van der Waals surface area contributed by atoms with E-state index in [1.807, 2.05) is 0 Å². The zero-order valence-corrected chi connectivity index (χ0v) is 20.1. The number of aromatic hydroxyl groups is 1. The van der Waals surface area contributed by atoms with Crippen LogP contribution in [-0.4, -0.2) is 62.9 Å². The number of piperidine rings is 1. The minimum Gasteiger partial charge on any atom is -0.507 e. The third-order valence-corrected chi connectivity index (χ3v) is 6.50. The fourth-order valence-electron chi connectivity index (χ4n) is 4.31. The van der Waals surface area contributed by atoms with E-state index in [0.717, 1.165) is 0 Å². The maximum Gasteiger partial charge on any atom is 0.326 e. The van der Waals surface area contributed by atoms with Gasteiger partial charge in [0.2, 0.25) is 5.91 Å². The van der Waals surface area contributed by atoms with Crippen LogP contribution in [0.1, 0.15) is 25.8 Å². The minimum atomic E-state index is -0.800. The number of rotatable bonds is 7. The molecular formula is C23H26BrFN4O5. The average molecular weight is 537 g/mol. The first kappa shape index (κ1) is 24.2. The number of aromatic amines is 1. The molecule has 1 aliphatic rings. The number of aromatic nitrogens is 2. The van der Waals surface area contributed by atoms with Gasteiger partial charge in [0.05, 0.1) is 21.2 Å². The molecule has 182 valence electrons. The molecule has 0 aliphatic carbocycles. The number of phenolic OH excluding ortho intramolecular Hbond substituents is 1. The van der Waals surface area contributed by atoms with E-state index in [4.69, 9.17) is 4.74 Å². The van der Waals surface area contributed by atoms with Gasteiger partial charge >= 0.3 is 5.69 Å². The number of nitrogens with zero attached hydrogens (tertiary/aromatic N) is 2. The van der Waals surface area contributed by atoms with Crippen molar-refractivity contribution in [3.8, 4) is 11.5 Å². The Balaban J connectivity index is 1.33. The lowest BCUT2D eigenvalue weighted by Gasteiger charge is -2.33. The highest BCUT2D eigenvalue weighted by molar-refractivity contribution is 9.10. The van der Waals surface area contributed by atoms with Gasteiger partial charge in [-0.2, -0.15) is 0 Å². The summed E-state index contributed by atoms with van der Waals surface area (Å²) in [4.78, 5) is 28.7. The van der Waals surface area contributed by atoms with Gasteiger partial charge < -0.3 is 30.2 Å². The SMILES string of the molecule is CC(=O)Nc1cc(Br)c(O)cc1OC[C@H](O)CN1CCC(n2c(=O)[nH]c3cc(F)ccc32)CC1. The van der Waals surface area contributed by atoms with Crippen molar-refractivity contribution in [2.75, 3.05) is 31.6 Å². The molecule has 4 rings (SSSR count). The fourth-order valence-corrected chi connectivity index (χ4v) is 4.66. The van der Waals surface area contributed by atoms with E-state index in [0.29, 0.717) is 53.7 Å². The van der Waals surface area contributed by atoms with Crippen molar-refractivity contribution in [3.05, 3.63) is 51.1 Å². The van der Waals surface area contributed by atoms with Crippen LogP contribution >= 0.6 is 15.9 Å². The average Bonchev–Trinajstić information content (AvgIpc) is 3.10. The number of amides is 1. The lowest BCUT2D eigenvalue weighted by molar-refractivity contribution is -0.114. The van der Waals surface area contributed by atoms with Crippen molar-refractivity contribution in [2.45, 2.75) is 31.9 Å². The van der Waals surface area contributed by atoms with Crippen LogP contribution in [0, 0.1) is 5.82 Å². The van der Waals surface area contributed by atoms with Gasteiger partial charge in [-0.1, -0.05) is 0 Å². The second kappa shape index (κ2) is 10.2. The van der Waals surface area contributed by atoms with Gasteiger partial charge in [0.15, 0.2) is 0 Å². The van der Waals surface area contributed by atoms with E-state index in [1.54, 1.807) is 10.6 Å². The lowest BCUT2D eigenvalue weighted by atomic mass is 10.0. The molecule has 0 unspecified atom stereocenters. The normalized spacial score (nSPS) is 16.0. The topological polar surface area (TPSA) is 120 Å². The highest BCUT2D eigenvalue weighted by atomic mass is 79.9. The summed E-state index contributed by atoms with van der Waals surface area (Å²) in [5, 5.41) is 23.1. The zero-order valence-electron chi connectivity index (χ0n) is 18.6. The first-order valence-electron chi connectivity index (χ1n) is 10.9. The van der Waals surface area contributed by atoms with Crippen LogP contribution in [-0.2, 0) is 4.79 Å². The Morgan fingerprint density at radius 1 is 1.32 bits per heavy atom. The van der Waals surface area contributed by atoms with E-state index in [1.165, 1.54) is 31.2 Å². The minimum absolute atomic E-state index is 0.0118. The van der Waals surface area contributed by atoms with Crippen LogP contribution in [0.15, 0.2) is 39.6 Å². The van der Waals surface area contributed by atoms with Gasteiger partial charge in [-0.05, 0) is 53.0 Å². The molecule has 4 N–H and O–H groups in total. The Hall–Kier alpha value is -2.89. The summed E-state index contributed by atoms with van der Waals surface area (Å²) >= 11 is 3.20. The van der Waals surface area contributed by atoms with Gasteiger partial charge in [-0.25, -0.2) is 9.18 Å². The molecule has 11 heteroatoms. The second-order valence-corrected chi connectivity index (χ2v) is 9.29. The standard InChI is InChI=1S/C23H26BrFN4O5/c1-13(30)26-19-9-17(24)21(32)10-22(19)34-12-16(31)11-28-6-4-15(5-7-28)29-20-3-2-14(25)8-18(20)27-23(29)33/h2-3,8-10,15-16,31-32H,4-7,11-12H2,1H3,(H,26,30)(H,27,33)/t16-/m1/s1. The van der Waals surface area contributed by atoms with Gasteiger partial charge in [0.1, 0.15) is 30.0 Å². The maximum atomic E-state index is 13.5. The molecule has 1 amide bonds. The molecule has 0 saturated carbocycles. The van der Waals surface area contributed by atoms with E-state index in [9.17, 15) is 24.2 Å². The molecule has 0 bridgehead atoms. The van der Waals surface area contributed by atoms with E-state index >= 15 is 0 Å². The number of carbonyl (C=O) groups is 1. The molecule has 0 spiro atoms. The third-order valence-electron chi connectivity index (χ3n) is 5.86.